The number of carbonyl (C=O) groups is 2. The van der Waals surface area contributed by atoms with Gasteiger partial charge in [-0.1, -0.05) is 54.6 Å². The number of allylic oxidation sites excluding steroid dienone is 1. The Morgan fingerprint density at radius 2 is 1.48 bits per heavy atom. The van der Waals surface area contributed by atoms with E-state index in [0.717, 1.165) is 17.0 Å². The fourth-order valence-electron chi connectivity index (χ4n) is 3.27. The fraction of sp³-hybridized carbons (Fsp3) is 0.0435. The highest BCUT2D eigenvalue weighted by atomic mass is 19.4. The molecule has 1 heterocycles. The summed E-state index contributed by atoms with van der Waals surface area (Å²) in [6.07, 6.45) is -3.26. The molecule has 0 atom stereocenters. The van der Waals surface area contributed by atoms with E-state index in [0.29, 0.717) is 16.7 Å². The molecule has 0 fully saturated rings. The molecular weight excluding hydrogens is 379 g/mol. The molecule has 4 rings (SSSR count). The predicted octanol–water partition coefficient (Wildman–Crippen LogP) is 5.59. The summed E-state index contributed by atoms with van der Waals surface area (Å²) in [6, 6.07) is 19.6. The lowest BCUT2D eigenvalue weighted by molar-refractivity contribution is -0.137. The molecule has 144 valence electrons. The summed E-state index contributed by atoms with van der Waals surface area (Å²) in [5.41, 5.74) is 0.677. The molecule has 6 heteroatoms. The molecule has 0 N–H and O–H groups in total. The molecule has 0 saturated heterocycles. The predicted molar refractivity (Wildman–Crippen MR) is 103 cm³/mol. The lowest BCUT2D eigenvalue weighted by Crippen LogP contribution is -2.23. The van der Waals surface area contributed by atoms with Gasteiger partial charge in [-0.3, -0.25) is 14.5 Å². The Balaban J connectivity index is 1.85. The van der Waals surface area contributed by atoms with Crippen LogP contribution in [0.5, 0.6) is 0 Å². The van der Waals surface area contributed by atoms with E-state index in [9.17, 15) is 22.8 Å². The minimum absolute atomic E-state index is 0.0492. The molecular formula is C23H14F3NO2. The number of anilines is 1. The number of halogens is 3. The van der Waals surface area contributed by atoms with Crippen LogP contribution in [0.15, 0.2) is 84.9 Å². The Labute approximate surface area is 164 Å². The maximum Gasteiger partial charge on any atom is 0.416 e. The summed E-state index contributed by atoms with van der Waals surface area (Å²) >= 11 is 0. The zero-order chi connectivity index (χ0) is 20.6. The average molecular weight is 393 g/mol. The second-order valence-corrected chi connectivity index (χ2v) is 6.49. The summed E-state index contributed by atoms with van der Waals surface area (Å²) in [5.74, 6) is -0.825. The third-order valence-electron chi connectivity index (χ3n) is 4.64. The molecule has 0 saturated carbocycles. The topological polar surface area (TPSA) is 37.4 Å². The van der Waals surface area contributed by atoms with Crippen LogP contribution in [0.2, 0.25) is 0 Å². The van der Waals surface area contributed by atoms with Crippen molar-refractivity contribution < 1.29 is 22.8 Å². The maximum absolute atomic E-state index is 13.2. The van der Waals surface area contributed by atoms with Crippen LogP contribution >= 0.6 is 0 Å². The molecule has 0 bridgehead atoms. The largest absolute Gasteiger partial charge is 0.416 e. The number of fused-ring (bicyclic) bond motifs is 1. The summed E-state index contributed by atoms with van der Waals surface area (Å²) < 4.78 is 39.5. The molecule has 1 aliphatic rings. The van der Waals surface area contributed by atoms with E-state index in [-0.39, 0.29) is 17.2 Å². The van der Waals surface area contributed by atoms with Gasteiger partial charge < -0.3 is 0 Å². The summed E-state index contributed by atoms with van der Waals surface area (Å²) in [7, 11) is 0. The maximum atomic E-state index is 13.2. The van der Waals surface area contributed by atoms with Gasteiger partial charge in [-0.25, -0.2) is 0 Å². The Hall–Kier alpha value is -3.67. The van der Waals surface area contributed by atoms with Crippen LogP contribution in [0.25, 0.3) is 5.70 Å². The van der Waals surface area contributed by atoms with E-state index < -0.39 is 17.6 Å². The second-order valence-electron chi connectivity index (χ2n) is 6.49. The Kier molecular flexibility index (Phi) is 4.54. The first-order chi connectivity index (χ1) is 13.9. The SMILES string of the molecule is O=C(/C=C1/c2ccccc2C(=O)N1c1cccc(C(F)(F)F)c1)c1ccccc1. The van der Waals surface area contributed by atoms with Crippen LogP contribution in [0, 0.1) is 0 Å². The molecule has 3 aromatic carbocycles. The molecule has 1 aliphatic heterocycles. The van der Waals surface area contributed by atoms with E-state index in [1.807, 2.05) is 0 Å². The van der Waals surface area contributed by atoms with Crippen LogP contribution in [-0.2, 0) is 6.18 Å². The number of nitrogens with zero attached hydrogens (tertiary/aromatic N) is 1. The van der Waals surface area contributed by atoms with Crippen molar-refractivity contribution in [2.24, 2.45) is 0 Å². The van der Waals surface area contributed by atoms with Gasteiger partial charge in [0.25, 0.3) is 5.91 Å². The molecule has 0 unspecified atom stereocenters. The van der Waals surface area contributed by atoms with Crippen molar-refractivity contribution in [3.63, 3.8) is 0 Å². The number of hydrogen-bond acceptors (Lipinski definition) is 2. The van der Waals surface area contributed by atoms with Crippen molar-refractivity contribution in [3.05, 3.63) is 107 Å². The minimum Gasteiger partial charge on any atom is -0.289 e. The second kappa shape index (κ2) is 7.05. The molecule has 0 radical (unpaired) electrons. The van der Waals surface area contributed by atoms with Gasteiger partial charge in [0.05, 0.1) is 11.3 Å². The van der Waals surface area contributed by atoms with E-state index in [1.165, 1.54) is 18.2 Å². The van der Waals surface area contributed by atoms with Crippen molar-refractivity contribution in [1.29, 1.82) is 0 Å². The summed E-state index contributed by atoms with van der Waals surface area (Å²) in [6.45, 7) is 0. The summed E-state index contributed by atoms with van der Waals surface area (Å²) in [5, 5.41) is 0. The quantitative estimate of drug-likeness (QED) is 0.430. The molecule has 0 spiro atoms. The molecule has 0 aromatic heterocycles. The number of ketones is 1. The van der Waals surface area contributed by atoms with Gasteiger partial charge in [-0.15, -0.1) is 0 Å². The van der Waals surface area contributed by atoms with Crippen molar-refractivity contribution in [1.82, 2.24) is 0 Å². The Morgan fingerprint density at radius 3 is 2.17 bits per heavy atom. The highest BCUT2D eigenvalue weighted by molar-refractivity contribution is 6.25. The van der Waals surface area contributed by atoms with Crippen molar-refractivity contribution in [2.45, 2.75) is 6.18 Å². The number of rotatable bonds is 3. The first-order valence-electron chi connectivity index (χ1n) is 8.78. The van der Waals surface area contributed by atoms with Crippen molar-refractivity contribution >= 4 is 23.1 Å². The standard InChI is InChI=1S/C23H14F3NO2/c24-23(25,26)16-9-6-10-17(13-16)27-20(14-21(28)15-7-2-1-3-8-15)18-11-4-5-12-19(18)22(27)29/h1-14H/b20-14-. The molecule has 1 amide bonds. The van der Waals surface area contributed by atoms with Gasteiger partial charge in [0.15, 0.2) is 5.78 Å². The van der Waals surface area contributed by atoms with Crippen LogP contribution < -0.4 is 4.90 Å². The normalized spacial score (nSPS) is 14.9. The third kappa shape index (κ3) is 3.45. The van der Waals surface area contributed by atoms with Crippen LogP contribution in [0.3, 0.4) is 0 Å². The first kappa shape index (κ1) is 18.7. The smallest absolute Gasteiger partial charge is 0.289 e. The highest BCUT2D eigenvalue weighted by Crippen LogP contribution is 2.39. The van der Waals surface area contributed by atoms with E-state index in [1.54, 1.807) is 54.6 Å². The lowest BCUT2D eigenvalue weighted by Gasteiger charge is -2.20. The van der Waals surface area contributed by atoms with Gasteiger partial charge in [-0.2, -0.15) is 13.2 Å². The van der Waals surface area contributed by atoms with Gasteiger partial charge in [0, 0.05) is 28.5 Å². The third-order valence-corrected chi connectivity index (χ3v) is 4.64. The van der Waals surface area contributed by atoms with Crippen LogP contribution in [-0.4, -0.2) is 11.7 Å². The Morgan fingerprint density at radius 1 is 0.828 bits per heavy atom. The molecule has 3 aromatic rings. The number of carbonyl (C=O) groups excluding carboxylic acids is 2. The minimum atomic E-state index is -4.55. The number of benzene rings is 3. The monoisotopic (exact) mass is 393 g/mol. The van der Waals surface area contributed by atoms with Crippen LogP contribution in [0.4, 0.5) is 18.9 Å². The number of hydrogen-bond donors (Lipinski definition) is 0. The lowest BCUT2D eigenvalue weighted by atomic mass is 10.1. The van der Waals surface area contributed by atoms with Gasteiger partial charge in [-0.05, 0) is 24.3 Å². The number of alkyl halides is 3. The average Bonchev–Trinajstić information content (AvgIpc) is 3.00. The molecule has 3 nitrogen and oxygen atoms in total. The van der Waals surface area contributed by atoms with E-state index in [2.05, 4.69) is 0 Å². The van der Waals surface area contributed by atoms with E-state index in [4.69, 9.17) is 0 Å². The fourth-order valence-corrected chi connectivity index (χ4v) is 3.27. The Bertz CT molecular complexity index is 1130. The summed E-state index contributed by atoms with van der Waals surface area (Å²) in [4.78, 5) is 26.9. The van der Waals surface area contributed by atoms with Crippen molar-refractivity contribution in [2.75, 3.05) is 4.90 Å². The van der Waals surface area contributed by atoms with Gasteiger partial charge in [0.1, 0.15) is 0 Å². The van der Waals surface area contributed by atoms with Gasteiger partial charge >= 0.3 is 6.18 Å². The first-order valence-corrected chi connectivity index (χ1v) is 8.78. The molecule has 0 aliphatic carbocycles. The highest BCUT2D eigenvalue weighted by Gasteiger charge is 2.36. The number of amides is 1. The molecule has 29 heavy (non-hydrogen) atoms. The van der Waals surface area contributed by atoms with E-state index >= 15 is 0 Å². The van der Waals surface area contributed by atoms with Crippen LogP contribution in [0.1, 0.15) is 31.8 Å². The van der Waals surface area contributed by atoms with Crippen molar-refractivity contribution in [3.8, 4) is 0 Å². The zero-order valence-corrected chi connectivity index (χ0v) is 15.0. The zero-order valence-electron chi connectivity index (χ0n) is 15.0. The van der Waals surface area contributed by atoms with Gasteiger partial charge in [0.2, 0.25) is 0 Å².